The monoisotopic (exact) mass is 586 g/mol. The minimum atomic E-state index is -0.999. The average Bonchev–Trinajstić information content (AvgIpc) is 3.63. The van der Waals surface area contributed by atoms with Gasteiger partial charge >= 0.3 is 0 Å². The zero-order valence-electron chi connectivity index (χ0n) is 24.1. The maximum absolute atomic E-state index is 13.7. The molecule has 0 spiro atoms. The highest BCUT2D eigenvalue weighted by Gasteiger charge is 2.32. The summed E-state index contributed by atoms with van der Waals surface area (Å²) in [5, 5.41) is 17.8. The van der Waals surface area contributed by atoms with Gasteiger partial charge in [0.25, 0.3) is 5.91 Å². The summed E-state index contributed by atoms with van der Waals surface area (Å²) in [7, 11) is 1.91. The van der Waals surface area contributed by atoms with Crippen LogP contribution in [0.25, 0.3) is 0 Å². The van der Waals surface area contributed by atoms with Crippen LogP contribution < -0.4 is 19.7 Å². The summed E-state index contributed by atoms with van der Waals surface area (Å²) in [6.45, 7) is 6.98. The largest absolute Gasteiger partial charge is 0.491 e. The lowest BCUT2D eigenvalue weighted by molar-refractivity contribution is 0.0737. The van der Waals surface area contributed by atoms with E-state index in [2.05, 4.69) is 37.5 Å². The van der Waals surface area contributed by atoms with Crippen molar-refractivity contribution >= 4 is 29.5 Å². The van der Waals surface area contributed by atoms with Gasteiger partial charge in [-0.25, -0.2) is 13.8 Å². The van der Waals surface area contributed by atoms with E-state index in [9.17, 15) is 18.7 Å². The molecule has 0 radical (unpaired) electrons. The number of amides is 1. The number of ether oxygens (including phenoxy) is 1. The number of nitrogens with zero attached hydrogens (tertiary/aromatic N) is 2. The molecule has 1 fully saturated rings. The second kappa shape index (κ2) is 14.2. The quantitative estimate of drug-likeness (QED) is 0.230. The van der Waals surface area contributed by atoms with Crippen LogP contribution in [0.5, 0.6) is 5.75 Å². The normalized spacial score (nSPS) is 19.4. The molecule has 41 heavy (non-hydrogen) atoms. The molecular formula is C31H40F2N4O3S. The van der Waals surface area contributed by atoms with Crippen molar-refractivity contribution in [3.63, 3.8) is 0 Å². The van der Waals surface area contributed by atoms with Crippen LogP contribution in [0.4, 0.5) is 20.4 Å². The minimum Gasteiger partial charge on any atom is -0.491 e. The molecule has 1 amide bonds. The highest BCUT2D eigenvalue weighted by Crippen LogP contribution is 2.37. The SMILES string of the molecule is CC(C)SN(C)c1cc(C(=O)N[C@@H](COc2cc(F)cc(F)c2)C(O)CC2=CCCC=C2)cc(NC[C@H]2C[C@@H]2C)n1. The molecule has 1 heterocycles. The van der Waals surface area contributed by atoms with Crippen molar-refractivity contribution in [2.24, 2.45) is 11.8 Å². The Labute approximate surface area is 245 Å². The number of aromatic nitrogens is 1. The molecule has 0 bridgehead atoms. The molecule has 10 heteroatoms. The Kier molecular flexibility index (Phi) is 10.7. The number of nitrogens with one attached hydrogen (secondary N) is 2. The Morgan fingerprint density at radius 1 is 1.20 bits per heavy atom. The molecule has 7 nitrogen and oxygen atoms in total. The molecule has 4 atom stereocenters. The number of pyridine rings is 1. The summed E-state index contributed by atoms with van der Waals surface area (Å²) in [4.78, 5) is 18.3. The number of benzene rings is 1. The number of aliphatic hydroxyl groups excluding tert-OH is 1. The summed E-state index contributed by atoms with van der Waals surface area (Å²) in [5.41, 5.74) is 1.34. The topological polar surface area (TPSA) is 86.7 Å². The Bertz CT molecular complexity index is 1250. The van der Waals surface area contributed by atoms with Gasteiger partial charge in [0, 0.05) is 49.0 Å². The van der Waals surface area contributed by atoms with Gasteiger partial charge in [-0.15, -0.1) is 0 Å². The molecule has 1 aromatic carbocycles. The van der Waals surface area contributed by atoms with Crippen LogP contribution >= 0.6 is 11.9 Å². The first kappa shape index (κ1) is 30.8. The predicted octanol–water partition coefficient (Wildman–Crippen LogP) is 6.13. The van der Waals surface area contributed by atoms with Crippen LogP contribution in [-0.2, 0) is 0 Å². The van der Waals surface area contributed by atoms with E-state index < -0.39 is 29.7 Å². The van der Waals surface area contributed by atoms with E-state index in [0.717, 1.165) is 43.2 Å². The van der Waals surface area contributed by atoms with Crippen molar-refractivity contribution in [3.8, 4) is 5.75 Å². The van der Waals surface area contributed by atoms with Crippen LogP contribution in [0.3, 0.4) is 0 Å². The van der Waals surface area contributed by atoms with E-state index in [-0.39, 0.29) is 12.4 Å². The summed E-state index contributed by atoms with van der Waals surface area (Å²) in [5.74, 6) is 0.519. The third kappa shape index (κ3) is 9.46. The Morgan fingerprint density at radius 2 is 1.93 bits per heavy atom. The van der Waals surface area contributed by atoms with Crippen molar-refractivity contribution in [2.75, 3.05) is 29.8 Å². The van der Waals surface area contributed by atoms with Crippen molar-refractivity contribution in [1.82, 2.24) is 10.3 Å². The first-order valence-corrected chi connectivity index (χ1v) is 15.0. The van der Waals surface area contributed by atoms with E-state index >= 15 is 0 Å². The van der Waals surface area contributed by atoms with Crippen molar-refractivity contribution in [1.29, 1.82) is 0 Å². The molecule has 3 N–H and O–H groups in total. The molecule has 0 saturated heterocycles. The van der Waals surface area contributed by atoms with Crippen LogP contribution in [0.1, 0.15) is 56.8 Å². The van der Waals surface area contributed by atoms with Gasteiger partial charge in [0.1, 0.15) is 35.6 Å². The lowest BCUT2D eigenvalue weighted by Crippen LogP contribution is -2.47. The van der Waals surface area contributed by atoms with Crippen molar-refractivity contribution < 1.29 is 23.4 Å². The summed E-state index contributed by atoms with van der Waals surface area (Å²) in [6.07, 6.45) is 8.35. The third-order valence-electron chi connectivity index (χ3n) is 7.15. The molecule has 1 saturated carbocycles. The number of anilines is 2. The van der Waals surface area contributed by atoms with Crippen LogP contribution in [0.15, 0.2) is 54.1 Å². The molecule has 2 aliphatic rings. The number of hydrogen-bond donors (Lipinski definition) is 3. The summed E-state index contributed by atoms with van der Waals surface area (Å²) >= 11 is 1.60. The van der Waals surface area contributed by atoms with Crippen LogP contribution in [0, 0.1) is 23.5 Å². The first-order chi connectivity index (χ1) is 19.6. The average molecular weight is 587 g/mol. The van der Waals surface area contributed by atoms with E-state index in [4.69, 9.17) is 9.72 Å². The lowest BCUT2D eigenvalue weighted by Gasteiger charge is -2.26. The second-order valence-corrected chi connectivity index (χ2v) is 12.8. The zero-order chi connectivity index (χ0) is 29.5. The zero-order valence-corrected chi connectivity index (χ0v) is 24.9. The Balaban J connectivity index is 1.54. The predicted molar refractivity (Wildman–Crippen MR) is 161 cm³/mol. The van der Waals surface area contributed by atoms with Crippen LogP contribution in [-0.4, -0.2) is 53.6 Å². The second-order valence-electron chi connectivity index (χ2n) is 11.1. The van der Waals surface area contributed by atoms with Gasteiger partial charge < -0.3 is 24.8 Å². The maximum Gasteiger partial charge on any atom is 0.251 e. The number of halogens is 2. The summed E-state index contributed by atoms with van der Waals surface area (Å²) in [6, 6.07) is 5.46. The number of allylic oxidation sites excluding steroid dienone is 3. The van der Waals surface area contributed by atoms with Gasteiger partial charge in [0.05, 0.1) is 12.1 Å². The molecule has 0 aliphatic heterocycles. The third-order valence-corrected chi connectivity index (χ3v) is 8.08. The van der Waals surface area contributed by atoms with E-state index in [1.807, 2.05) is 23.5 Å². The number of carbonyl (C=O) groups is 1. The van der Waals surface area contributed by atoms with Crippen LogP contribution in [0.2, 0.25) is 0 Å². The van der Waals surface area contributed by atoms with Gasteiger partial charge in [-0.1, -0.05) is 39.0 Å². The molecule has 1 aromatic heterocycles. The molecule has 1 unspecified atom stereocenters. The Morgan fingerprint density at radius 3 is 2.56 bits per heavy atom. The van der Waals surface area contributed by atoms with E-state index in [1.54, 1.807) is 24.1 Å². The van der Waals surface area contributed by atoms with Gasteiger partial charge in [0.2, 0.25) is 0 Å². The molecular weight excluding hydrogens is 546 g/mol. The van der Waals surface area contributed by atoms with Crippen molar-refractivity contribution in [3.05, 3.63) is 71.3 Å². The fourth-order valence-electron chi connectivity index (χ4n) is 4.69. The summed E-state index contributed by atoms with van der Waals surface area (Å²) < 4.78 is 35.1. The number of rotatable bonds is 14. The lowest BCUT2D eigenvalue weighted by atomic mass is 9.97. The number of hydrogen-bond acceptors (Lipinski definition) is 7. The smallest absolute Gasteiger partial charge is 0.251 e. The standard InChI is InChI=1S/C31H40F2N4O3S/c1-19(2)41-37(4)30-13-22(12-29(36-30)34-17-23-10-20(23)3)31(39)35-27(28(38)11-21-8-6-5-7-9-21)18-40-26-15-24(32)14-25(33)16-26/h6,8-9,12-16,19-20,23,27-28,38H,5,7,10-11,17-18H2,1-4H3,(H,34,36)(H,35,39)/t20-,23+,27-,28?/m0/s1. The number of carbonyl (C=O) groups excluding carboxylic acids is 1. The molecule has 222 valence electrons. The first-order valence-electron chi connectivity index (χ1n) is 14.2. The minimum absolute atomic E-state index is 0.0231. The van der Waals surface area contributed by atoms with E-state index in [1.165, 1.54) is 6.42 Å². The fourth-order valence-corrected chi connectivity index (χ4v) is 5.52. The van der Waals surface area contributed by atoms with Gasteiger partial charge in [-0.05, 0) is 60.8 Å². The molecule has 4 rings (SSSR count). The fraction of sp³-hybridized carbons (Fsp3) is 0.484. The number of aliphatic hydroxyl groups is 1. The molecule has 2 aliphatic carbocycles. The molecule has 2 aromatic rings. The highest BCUT2D eigenvalue weighted by atomic mass is 32.2. The maximum atomic E-state index is 13.7. The van der Waals surface area contributed by atoms with Gasteiger partial charge in [0.15, 0.2) is 0 Å². The van der Waals surface area contributed by atoms with Gasteiger partial charge in [-0.2, -0.15) is 0 Å². The van der Waals surface area contributed by atoms with Gasteiger partial charge in [-0.3, -0.25) is 4.79 Å². The highest BCUT2D eigenvalue weighted by molar-refractivity contribution is 8.01. The van der Waals surface area contributed by atoms with E-state index in [0.29, 0.717) is 40.7 Å². The van der Waals surface area contributed by atoms with Crippen molar-refractivity contribution in [2.45, 2.75) is 63.9 Å². The Hall–Kier alpha value is -3.11.